The molecular weight excluding hydrogens is 216 g/mol. The van der Waals surface area contributed by atoms with Gasteiger partial charge in [-0.25, -0.2) is 0 Å². The van der Waals surface area contributed by atoms with Gasteiger partial charge in [0.05, 0.1) is 0 Å². The average molecular weight is 227 g/mol. The Kier molecular flexibility index (Phi) is 3.01. The zero-order valence-corrected chi connectivity index (χ0v) is 8.96. The molecule has 0 aromatic heterocycles. The molecule has 0 spiro atoms. The maximum absolute atomic E-state index is 9.32. The quantitative estimate of drug-likeness (QED) is 0.546. The first kappa shape index (κ1) is 11.1. The van der Waals surface area contributed by atoms with E-state index in [1.165, 1.54) is 12.1 Å². The van der Waals surface area contributed by atoms with Crippen molar-refractivity contribution < 1.29 is 15.3 Å². The normalized spacial score (nSPS) is 10.8. The molecule has 0 bridgehead atoms. The third kappa shape index (κ3) is 2.58. The van der Waals surface area contributed by atoms with Crippen LogP contribution in [0, 0.1) is 6.08 Å². The Hall–Kier alpha value is -2.42. The van der Waals surface area contributed by atoms with Gasteiger partial charge >= 0.3 is 0 Å². The Morgan fingerprint density at radius 3 is 2.06 bits per heavy atom. The molecule has 0 fully saturated rings. The lowest BCUT2D eigenvalue weighted by atomic mass is 10.1. The second-order valence-corrected chi connectivity index (χ2v) is 3.56. The molecule has 0 amide bonds. The highest BCUT2D eigenvalue weighted by molar-refractivity contribution is 5.60. The fourth-order valence-electron chi connectivity index (χ4n) is 1.41. The minimum Gasteiger partial charge on any atom is -0.504 e. The molecule has 0 atom stereocenters. The van der Waals surface area contributed by atoms with E-state index in [1.807, 2.05) is 30.3 Å². The molecule has 2 aromatic carbocycles. The molecule has 0 saturated carbocycles. The van der Waals surface area contributed by atoms with Gasteiger partial charge in [-0.05, 0) is 35.4 Å². The standard InChI is InChI=1S/C14H11O3/c15-12-8-11(9-13(16)14(12)17)7-6-10-4-2-1-3-5-10/h1-5,7-9,15-17H. The molecule has 0 saturated heterocycles. The highest BCUT2D eigenvalue weighted by atomic mass is 16.3. The second-order valence-electron chi connectivity index (χ2n) is 3.56. The van der Waals surface area contributed by atoms with Crippen LogP contribution in [0.3, 0.4) is 0 Å². The van der Waals surface area contributed by atoms with Gasteiger partial charge in [0.1, 0.15) is 0 Å². The van der Waals surface area contributed by atoms with Crippen molar-refractivity contribution in [3.8, 4) is 17.2 Å². The molecule has 0 aliphatic rings. The van der Waals surface area contributed by atoms with Crippen molar-refractivity contribution in [1.29, 1.82) is 0 Å². The maximum Gasteiger partial charge on any atom is 0.200 e. The predicted molar refractivity (Wildman–Crippen MR) is 64.7 cm³/mol. The molecule has 3 nitrogen and oxygen atoms in total. The summed E-state index contributed by atoms with van der Waals surface area (Å²) in [4.78, 5) is 0. The third-order valence-corrected chi connectivity index (χ3v) is 2.27. The van der Waals surface area contributed by atoms with Crippen molar-refractivity contribution in [2.24, 2.45) is 0 Å². The number of phenolic OH excluding ortho intramolecular Hbond substituents is 3. The van der Waals surface area contributed by atoms with Gasteiger partial charge < -0.3 is 15.3 Å². The summed E-state index contributed by atoms with van der Waals surface area (Å²) in [6, 6.07) is 12.2. The number of hydrogen-bond acceptors (Lipinski definition) is 3. The van der Waals surface area contributed by atoms with Gasteiger partial charge in [-0.15, -0.1) is 0 Å². The van der Waals surface area contributed by atoms with Crippen LogP contribution in [0.4, 0.5) is 0 Å². The SMILES string of the molecule is Oc1cc(/C=[C]/c2ccccc2)cc(O)c1O. The van der Waals surface area contributed by atoms with Gasteiger partial charge in [0, 0.05) is 0 Å². The Labute approximate surface area is 98.9 Å². The fourth-order valence-corrected chi connectivity index (χ4v) is 1.41. The van der Waals surface area contributed by atoms with E-state index in [0.29, 0.717) is 5.56 Å². The summed E-state index contributed by atoms with van der Waals surface area (Å²) in [7, 11) is 0. The van der Waals surface area contributed by atoms with Crippen molar-refractivity contribution >= 4 is 6.08 Å². The van der Waals surface area contributed by atoms with Crippen molar-refractivity contribution in [2.75, 3.05) is 0 Å². The number of hydrogen-bond donors (Lipinski definition) is 3. The van der Waals surface area contributed by atoms with E-state index in [2.05, 4.69) is 6.08 Å². The Balaban J connectivity index is 2.28. The van der Waals surface area contributed by atoms with Gasteiger partial charge in [-0.3, -0.25) is 0 Å². The van der Waals surface area contributed by atoms with E-state index in [9.17, 15) is 15.3 Å². The molecule has 3 heteroatoms. The van der Waals surface area contributed by atoms with Crippen LogP contribution < -0.4 is 0 Å². The van der Waals surface area contributed by atoms with Crippen molar-refractivity contribution in [2.45, 2.75) is 0 Å². The maximum atomic E-state index is 9.32. The molecule has 0 unspecified atom stereocenters. The van der Waals surface area contributed by atoms with E-state index in [0.717, 1.165) is 5.56 Å². The van der Waals surface area contributed by atoms with Crippen LogP contribution in [0.2, 0.25) is 0 Å². The summed E-state index contributed by atoms with van der Waals surface area (Å²) in [5, 5.41) is 27.8. The monoisotopic (exact) mass is 227 g/mol. The second kappa shape index (κ2) is 4.61. The van der Waals surface area contributed by atoms with Crippen LogP contribution in [0.25, 0.3) is 6.08 Å². The summed E-state index contributed by atoms with van der Waals surface area (Å²) in [6.45, 7) is 0. The van der Waals surface area contributed by atoms with Gasteiger partial charge in [0.25, 0.3) is 0 Å². The molecule has 3 N–H and O–H groups in total. The number of phenols is 3. The van der Waals surface area contributed by atoms with Crippen LogP contribution in [-0.2, 0) is 0 Å². The minimum absolute atomic E-state index is 0.355. The fraction of sp³-hybridized carbons (Fsp3) is 0. The first-order valence-corrected chi connectivity index (χ1v) is 5.06. The van der Waals surface area contributed by atoms with Crippen molar-refractivity contribution in [3.05, 3.63) is 59.7 Å². The molecule has 0 heterocycles. The first-order valence-electron chi connectivity index (χ1n) is 5.06. The summed E-state index contributed by atoms with van der Waals surface area (Å²) in [6.07, 6.45) is 4.63. The zero-order valence-electron chi connectivity index (χ0n) is 8.96. The first-order chi connectivity index (χ1) is 8.16. The lowest BCUT2D eigenvalue weighted by molar-refractivity contribution is 0.368. The molecule has 2 aromatic rings. The molecule has 85 valence electrons. The molecule has 1 radical (unpaired) electrons. The topological polar surface area (TPSA) is 60.7 Å². The van der Waals surface area contributed by atoms with E-state index in [-0.39, 0.29) is 11.5 Å². The summed E-state index contributed by atoms with van der Waals surface area (Å²) in [5.74, 6) is -1.22. The van der Waals surface area contributed by atoms with E-state index in [1.54, 1.807) is 6.08 Å². The van der Waals surface area contributed by atoms with E-state index in [4.69, 9.17) is 0 Å². The van der Waals surface area contributed by atoms with Gasteiger partial charge in [-0.2, -0.15) is 0 Å². The average Bonchev–Trinajstić information content (AvgIpc) is 2.34. The lowest BCUT2D eigenvalue weighted by Crippen LogP contribution is -1.77. The van der Waals surface area contributed by atoms with E-state index >= 15 is 0 Å². The minimum atomic E-state index is -0.512. The highest BCUT2D eigenvalue weighted by Gasteiger charge is 2.06. The zero-order chi connectivity index (χ0) is 12.3. The predicted octanol–water partition coefficient (Wildman–Crippen LogP) is 2.67. The van der Waals surface area contributed by atoms with Gasteiger partial charge in [-0.1, -0.05) is 30.3 Å². The Morgan fingerprint density at radius 1 is 0.882 bits per heavy atom. The summed E-state index contributed by atoms with van der Waals surface area (Å²) in [5.41, 5.74) is 1.45. The van der Waals surface area contributed by atoms with Gasteiger partial charge in [0.2, 0.25) is 0 Å². The lowest BCUT2D eigenvalue weighted by Gasteiger charge is -2.02. The number of aromatic hydroxyl groups is 3. The molecule has 0 aliphatic heterocycles. The van der Waals surface area contributed by atoms with Gasteiger partial charge in [0.15, 0.2) is 17.2 Å². The molecule has 17 heavy (non-hydrogen) atoms. The third-order valence-electron chi connectivity index (χ3n) is 2.27. The molecule has 2 rings (SSSR count). The van der Waals surface area contributed by atoms with Crippen LogP contribution in [0.15, 0.2) is 42.5 Å². The number of rotatable bonds is 2. The van der Waals surface area contributed by atoms with Crippen LogP contribution in [0.5, 0.6) is 17.2 Å². The largest absolute Gasteiger partial charge is 0.504 e. The smallest absolute Gasteiger partial charge is 0.200 e. The van der Waals surface area contributed by atoms with Crippen molar-refractivity contribution in [3.63, 3.8) is 0 Å². The number of benzene rings is 2. The molecule has 0 aliphatic carbocycles. The Bertz CT molecular complexity index is 522. The molecular formula is C14H11O3. The summed E-state index contributed by atoms with van der Waals surface area (Å²) >= 11 is 0. The van der Waals surface area contributed by atoms with E-state index < -0.39 is 5.75 Å². The van der Waals surface area contributed by atoms with Crippen LogP contribution >= 0.6 is 0 Å². The Morgan fingerprint density at radius 2 is 1.47 bits per heavy atom. The van der Waals surface area contributed by atoms with Crippen LogP contribution in [-0.4, -0.2) is 15.3 Å². The van der Waals surface area contributed by atoms with Crippen molar-refractivity contribution in [1.82, 2.24) is 0 Å². The summed E-state index contributed by atoms with van der Waals surface area (Å²) < 4.78 is 0. The van der Waals surface area contributed by atoms with Crippen LogP contribution in [0.1, 0.15) is 11.1 Å². The highest BCUT2D eigenvalue weighted by Crippen LogP contribution is 2.35.